The Morgan fingerprint density at radius 1 is 0.590 bits per heavy atom. The Morgan fingerprint density at radius 2 is 1.10 bits per heavy atom. The molecule has 0 unspecified atom stereocenters. The molecule has 5 nitrogen and oxygen atoms in total. The van der Waals surface area contributed by atoms with Crippen molar-refractivity contribution in [3.05, 3.63) is 114 Å². The first kappa shape index (κ1) is 22.6. The van der Waals surface area contributed by atoms with Crippen molar-refractivity contribution in [3.63, 3.8) is 0 Å². The summed E-state index contributed by atoms with van der Waals surface area (Å²) in [5.41, 5.74) is 8.41. The lowest BCUT2D eigenvalue weighted by atomic mass is 10.1. The normalized spacial score (nSPS) is 12.6. The van der Waals surface area contributed by atoms with Crippen molar-refractivity contribution in [3.8, 4) is 22.9 Å². The minimum atomic E-state index is 0.612. The van der Waals surface area contributed by atoms with E-state index >= 15 is 0 Å². The summed E-state index contributed by atoms with van der Waals surface area (Å²) < 4.78 is 13.2. The number of rotatable bonds is 3. The summed E-state index contributed by atoms with van der Waals surface area (Å²) in [7, 11) is 0. The SMILES string of the molecule is Brc1ccc(N2c3ccc(-c4nc5ccccc5o4)cc3Sc3cc(-c4nc5ccccc5o4)ccc32)cc1. The monoisotopic (exact) mass is 587 g/mol. The number of hydrogen-bond acceptors (Lipinski definition) is 6. The molecular formula is C32H18BrN3O2S. The number of anilines is 3. The molecule has 1 aliphatic rings. The van der Waals surface area contributed by atoms with Gasteiger partial charge in [-0.15, -0.1) is 0 Å². The van der Waals surface area contributed by atoms with Gasteiger partial charge >= 0.3 is 0 Å². The Kier molecular flexibility index (Phi) is 5.15. The van der Waals surface area contributed by atoms with Gasteiger partial charge in [-0.3, -0.25) is 0 Å². The van der Waals surface area contributed by atoms with E-state index in [0.29, 0.717) is 11.8 Å². The van der Waals surface area contributed by atoms with Crippen molar-refractivity contribution >= 4 is 67.0 Å². The third-order valence-electron chi connectivity index (χ3n) is 6.79. The average Bonchev–Trinajstić information content (AvgIpc) is 3.61. The summed E-state index contributed by atoms with van der Waals surface area (Å²) in [6.45, 7) is 0. The number of aromatic nitrogens is 2. The summed E-state index contributed by atoms with van der Waals surface area (Å²) >= 11 is 5.30. The van der Waals surface area contributed by atoms with Crippen LogP contribution in [0.1, 0.15) is 0 Å². The highest BCUT2D eigenvalue weighted by molar-refractivity contribution is 9.10. The fraction of sp³-hybridized carbons (Fsp3) is 0. The second kappa shape index (κ2) is 8.86. The highest BCUT2D eigenvalue weighted by Gasteiger charge is 2.27. The number of benzene rings is 5. The predicted octanol–water partition coefficient (Wildman–Crippen LogP) is 10.00. The first-order valence-electron chi connectivity index (χ1n) is 12.4. The van der Waals surface area contributed by atoms with Gasteiger partial charge < -0.3 is 13.7 Å². The zero-order chi connectivity index (χ0) is 25.9. The van der Waals surface area contributed by atoms with Crippen molar-refractivity contribution in [2.75, 3.05) is 4.90 Å². The zero-order valence-electron chi connectivity index (χ0n) is 20.3. The van der Waals surface area contributed by atoms with E-state index in [0.717, 1.165) is 64.7 Å². The largest absolute Gasteiger partial charge is 0.436 e. The van der Waals surface area contributed by atoms with Crippen molar-refractivity contribution in [2.24, 2.45) is 0 Å². The maximum absolute atomic E-state index is 6.09. The van der Waals surface area contributed by atoms with Gasteiger partial charge in [0.15, 0.2) is 11.2 Å². The second-order valence-electron chi connectivity index (χ2n) is 9.25. The number of hydrogen-bond donors (Lipinski definition) is 0. The van der Waals surface area contributed by atoms with Crippen LogP contribution in [0, 0.1) is 0 Å². The van der Waals surface area contributed by atoms with E-state index in [-0.39, 0.29) is 0 Å². The molecule has 186 valence electrons. The fourth-order valence-corrected chi connectivity index (χ4v) is 6.34. The predicted molar refractivity (Wildman–Crippen MR) is 159 cm³/mol. The van der Waals surface area contributed by atoms with Crippen LogP contribution >= 0.6 is 27.7 Å². The van der Waals surface area contributed by atoms with E-state index in [1.807, 2.05) is 48.5 Å². The van der Waals surface area contributed by atoms with Crippen LogP contribution in [-0.4, -0.2) is 9.97 Å². The van der Waals surface area contributed by atoms with Crippen molar-refractivity contribution in [2.45, 2.75) is 9.79 Å². The molecule has 8 rings (SSSR count). The van der Waals surface area contributed by atoms with Crippen LogP contribution < -0.4 is 4.90 Å². The van der Waals surface area contributed by atoms with Crippen LogP contribution in [0.25, 0.3) is 45.1 Å². The highest BCUT2D eigenvalue weighted by Crippen LogP contribution is 2.53. The molecule has 0 fully saturated rings. The molecule has 0 N–H and O–H groups in total. The minimum Gasteiger partial charge on any atom is -0.436 e. The van der Waals surface area contributed by atoms with E-state index in [2.05, 4.69) is 81.5 Å². The molecule has 7 aromatic rings. The lowest BCUT2D eigenvalue weighted by Gasteiger charge is -2.33. The molecule has 0 aliphatic carbocycles. The Labute approximate surface area is 236 Å². The molecule has 0 spiro atoms. The van der Waals surface area contributed by atoms with E-state index in [1.54, 1.807) is 11.8 Å². The van der Waals surface area contributed by atoms with Crippen molar-refractivity contribution in [1.82, 2.24) is 9.97 Å². The summed E-state index contributed by atoms with van der Waals surface area (Å²) in [4.78, 5) is 14.0. The summed E-state index contributed by atoms with van der Waals surface area (Å²) in [5.74, 6) is 1.22. The first-order valence-corrected chi connectivity index (χ1v) is 14.0. The number of halogens is 1. The van der Waals surface area contributed by atoms with Gasteiger partial charge in [0.05, 0.1) is 11.4 Å². The molecule has 2 aromatic heterocycles. The Morgan fingerprint density at radius 3 is 1.62 bits per heavy atom. The maximum Gasteiger partial charge on any atom is 0.227 e. The van der Waals surface area contributed by atoms with Crippen LogP contribution in [0.2, 0.25) is 0 Å². The Balaban J connectivity index is 1.27. The first-order chi connectivity index (χ1) is 19.2. The molecule has 39 heavy (non-hydrogen) atoms. The number of para-hydroxylation sites is 4. The van der Waals surface area contributed by atoms with Gasteiger partial charge in [0.1, 0.15) is 11.0 Å². The topological polar surface area (TPSA) is 55.3 Å². The van der Waals surface area contributed by atoms with Gasteiger partial charge in [-0.25, -0.2) is 9.97 Å². The van der Waals surface area contributed by atoms with E-state index in [9.17, 15) is 0 Å². The number of oxazole rings is 2. The fourth-order valence-electron chi connectivity index (χ4n) is 4.94. The molecule has 0 saturated carbocycles. The third-order valence-corrected chi connectivity index (χ3v) is 8.41. The van der Waals surface area contributed by atoms with Crippen molar-refractivity contribution < 1.29 is 8.83 Å². The minimum absolute atomic E-state index is 0.612. The van der Waals surface area contributed by atoms with E-state index in [1.165, 1.54) is 0 Å². The number of fused-ring (bicyclic) bond motifs is 4. The quantitative estimate of drug-likeness (QED) is 0.205. The van der Waals surface area contributed by atoms with E-state index < -0.39 is 0 Å². The molecule has 3 heterocycles. The van der Waals surface area contributed by atoms with Gasteiger partial charge in [0.2, 0.25) is 11.8 Å². The molecule has 1 aliphatic heterocycles. The molecule has 0 radical (unpaired) electrons. The van der Waals surface area contributed by atoms with E-state index in [4.69, 9.17) is 18.8 Å². The van der Waals surface area contributed by atoms with Gasteiger partial charge in [-0.2, -0.15) is 0 Å². The van der Waals surface area contributed by atoms with Crippen LogP contribution in [0.3, 0.4) is 0 Å². The lowest BCUT2D eigenvalue weighted by molar-refractivity contribution is 0.619. The number of nitrogens with zero attached hydrogens (tertiary/aromatic N) is 3. The molecule has 0 amide bonds. The Bertz CT molecular complexity index is 1840. The molecule has 0 saturated heterocycles. The summed E-state index contributed by atoms with van der Waals surface area (Å²) in [6.07, 6.45) is 0. The van der Waals surface area contributed by atoms with Gasteiger partial charge in [-0.05, 0) is 84.9 Å². The molecule has 5 aromatic carbocycles. The lowest BCUT2D eigenvalue weighted by Crippen LogP contribution is -2.15. The average molecular weight is 588 g/mol. The Hall–Kier alpha value is -4.33. The van der Waals surface area contributed by atoms with Gasteiger partial charge in [0.25, 0.3) is 0 Å². The maximum atomic E-state index is 6.09. The van der Waals surface area contributed by atoms with Gasteiger partial charge in [-0.1, -0.05) is 52.0 Å². The van der Waals surface area contributed by atoms with Crippen LogP contribution in [0.5, 0.6) is 0 Å². The molecule has 0 atom stereocenters. The molecule has 0 bridgehead atoms. The summed E-state index contributed by atoms with van der Waals surface area (Å²) in [6, 6.07) is 36.8. The van der Waals surface area contributed by atoms with Gasteiger partial charge in [0, 0.05) is 31.1 Å². The second-order valence-corrected chi connectivity index (χ2v) is 11.3. The molecule has 7 heteroatoms. The van der Waals surface area contributed by atoms with Crippen molar-refractivity contribution in [1.29, 1.82) is 0 Å². The van der Waals surface area contributed by atoms with Crippen LogP contribution in [-0.2, 0) is 0 Å². The van der Waals surface area contributed by atoms with Crippen LogP contribution in [0.4, 0.5) is 17.1 Å². The summed E-state index contributed by atoms with van der Waals surface area (Å²) in [5, 5.41) is 0. The third kappa shape index (κ3) is 3.85. The highest BCUT2D eigenvalue weighted by atomic mass is 79.9. The standard InChI is InChI=1S/C32H18BrN3O2S/c33-21-11-13-22(14-12-21)36-25-15-9-19(31-34-23-5-1-3-7-27(23)37-31)17-29(25)39-30-18-20(10-16-26(30)36)32-35-24-6-2-4-8-28(24)38-32/h1-18H. The zero-order valence-corrected chi connectivity index (χ0v) is 22.7. The smallest absolute Gasteiger partial charge is 0.227 e. The molecular weight excluding hydrogens is 570 g/mol. The van der Waals surface area contributed by atoms with Crippen LogP contribution in [0.15, 0.2) is 132 Å².